The molecule has 0 amide bonds. The maximum atomic E-state index is 13.5. The molecule has 0 saturated carbocycles. The van der Waals surface area contributed by atoms with E-state index in [9.17, 15) is 15.0 Å². The first-order chi connectivity index (χ1) is 14.1. The number of phenols is 2. The second kappa shape index (κ2) is 6.83. The minimum absolute atomic E-state index is 0.0698. The normalized spacial score (nSPS) is 14.4. The van der Waals surface area contributed by atoms with E-state index < -0.39 is 5.60 Å². The van der Waals surface area contributed by atoms with Crippen molar-refractivity contribution in [3.05, 3.63) is 51.2 Å². The SMILES string of the molecule is COc1c(O)cc2oc3cc4c(c(O)c3c(=O)c2c1CC=C(C)C)C=CC(C)(C)O4. The summed E-state index contributed by atoms with van der Waals surface area (Å²) in [5.74, 6) is 0.337. The van der Waals surface area contributed by atoms with Crippen molar-refractivity contribution < 1.29 is 24.1 Å². The van der Waals surface area contributed by atoms with Crippen molar-refractivity contribution in [1.29, 1.82) is 0 Å². The first-order valence-electron chi connectivity index (χ1n) is 9.70. The fourth-order valence-corrected chi connectivity index (χ4v) is 3.76. The van der Waals surface area contributed by atoms with E-state index >= 15 is 0 Å². The number of hydrogen-bond acceptors (Lipinski definition) is 6. The van der Waals surface area contributed by atoms with Gasteiger partial charge in [-0.2, -0.15) is 0 Å². The van der Waals surface area contributed by atoms with Gasteiger partial charge in [-0.1, -0.05) is 11.6 Å². The Kier molecular flexibility index (Phi) is 4.53. The highest BCUT2D eigenvalue weighted by Gasteiger charge is 2.27. The number of methoxy groups -OCH3 is 1. The molecule has 0 spiro atoms. The molecule has 4 rings (SSSR count). The summed E-state index contributed by atoms with van der Waals surface area (Å²) in [6, 6.07) is 2.97. The molecule has 3 aromatic rings. The van der Waals surface area contributed by atoms with Crippen molar-refractivity contribution in [3.63, 3.8) is 0 Å². The Labute approximate surface area is 173 Å². The lowest BCUT2D eigenvalue weighted by Crippen LogP contribution is -2.27. The van der Waals surface area contributed by atoms with Gasteiger partial charge in [0.1, 0.15) is 33.7 Å². The molecule has 1 aliphatic rings. The van der Waals surface area contributed by atoms with Crippen LogP contribution in [-0.4, -0.2) is 22.9 Å². The molecule has 30 heavy (non-hydrogen) atoms. The molecule has 2 heterocycles. The molecule has 0 aliphatic carbocycles. The van der Waals surface area contributed by atoms with Gasteiger partial charge in [0.05, 0.1) is 18.1 Å². The van der Waals surface area contributed by atoms with Gasteiger partial charge in [0.2, 0.25) is 5.43 Å². The van der Waals surface area contributed by atoms with E-state index in [1.165, 1.54) is 13.2 Å². The average molecular weight is 408 g/mol. The van der Waals surface area contributed by atoms with Gasteiger partial charge in [0, 0.05) is 17.7 Å². The average Bonchev–Trinajstić information content (AvgIpc) is 2.64. The first-order valence-corrected chi connectivity index (χ1v) is 9.70. The van der Waals surface area contributed by atoms with Crippen LogP contribution < -0.4 is 14.9 Å². The first kappa shape index (κ1) is 19.9. The smallest absolute Gasteiger partial charge is 0.204 e. The summed E-state index contributed by atoms with van der Waals surface area (Å²) >= 11 is 0. The van der Waals surface area contributed by atoms with Crippen LogP contribution in [-0.2, 0) is 6.42 Å². The van der Waals surface area contributed by atoms with Crippen molar-refractivity contribution >= 4 is 28.0 Å². The van der Waals surface area contributed by atoms with Crippen molar-refractivity contribution in [2.45, 2.75) is 39.7 Å². The van der Waals surface area contributed by atoms with Crippen molar-refractivity contribution in [1.82, 2.24) is 0 Å². The molecule has 6 heteroatoms. The van der Waals surface area contributed by atoms with Crippen LogP contribution in [0.25, 0.3) is 28.0 Å². The molecule has 2 aromatic carbocycles. The van der Waals surface area contributed by atoms with Gasteiger partial charge >= 0.3 is 0 Å². The number of fused-ring (bicyclic) bond motifs is 3. The maximum absolute atomic E-state index is 13.5. The largest absolute Gasteiger partial charge is 0.506 e. The predicted octanol–water partition coefficient (Wildman–Crippen LogP) is 5.06. The highest BCUT2D eigenvalue weighted by Crippen LogP contribution is 2.43. The molecular formula is C24H24O6. The van der Waals surface area contributed by atoms with Gasteiger partial charge in [0.25, 0.3) is 0 Å². The van der Waals surface area contributed by atoms with E-state index in [0.717, 1.165) is 5.57 Å². The second-order valence-corrected chi connectivity index (χ2v) is 8.25. The van der Waals surface area contributed by atoms with Crippen LogP contribution in [0.4, 0.5) is 0 Å². The summed E-state index contributed by atoms with van der Waals surface area (Å²) in [6.45, 7) is 7.68. The molecule has 0 atom stereocenters. The van der Waals surface area contributed by atoms with Crippen LogP contribution in [0.15, 0.2) is 39.1 Å². The summed E-state index contributed by atoms with van der Waals surface area (Å²) in [5, 5.41) is 21.7. The fourth-order valence-electron chi connectivity index (χ4n) is 3.76. The molecule has 6 nitrogen and oxygen atoms in total. The van der Waals surface area contributed by atoms with Crippen LogP contribution in [0.3, 0.4) is 0 Å². The summed E-state index contributed by atoms with van der Waals surface area (Å²) in [7, 11) is 1.44. The molecule has 2 N–H and O–H groups in total. The quantitative estimate of drug-likeness (QED) is 0.465. The zero-order valence-corrected chi connectivity index (χ0v) is 17.6. The lowest BCUT2D eigenvalue weighted by atomic mass is 9.97. The van der Waals surface area contributed by atoms with E-state index in [2.05, 4.69) is 0 Å². The third-order valence-electron chi connectivity index (χ3n) is 5.21. The Bertz CT molecular complexity index is 1300. The number of benzene rings is 2. The lowest BCUT2D eigenvalue weighted by molar-refractivity contribution is 0.158. The Morgan fingerprint density at radius 2 is 1.87 bits per heavy atom. The van der Waals surface area contributed by atoms with Crippen molar-refractivity contribution in [2.24, 2.45) is 0 Å². The molecule has 1 aromatic heterocycles. The lowest BCUT2D eigenvalue weighted by Gasteiger charge is -2.28. The van der Waals surface area contributed by atoms with E-state index in [4.69, 9.17) is 13.9 Å². The van der Waals surface area contributed by atoms with E-state index in [-0.39, 0.29) is 44.6 Å². The number of ether oxygens (including phenoxy) is 2. The minimum Gasteiger partial charge on any atom is -0.506 e. The molecule has 0 unspecified atom stereocenters. The van der Waals surface area contributed by atoms with Gasteiger partial charge in [-0.3, -0.25) is 4.79 Å². The Morgan fingerprint density at radius 1 is 1.17 bits per heavy atom. The topological polar surface area (TPSA) is 89.1 Å². The number of allylic oxidation sites excluding steroid dienone is 2. The molecule has 0 saturated heterocycles. The molecule has 0 fully saturated rings. The van der Waals surface area contributed by atoms with Crippen LogP contribution >= 0.6 is 0 Å². The Balaban J connectivity index is 2.12. The highest BCUT2D eigenvalue weighted by molar-refractivity contribution is 5.99. The van der Waals surface area contributed by atoms with Gasteiger partial charge in [-0.25, -0.2) is 0 Å². The zero-order chi connectivity index (χ0) is 21.8. The standard InChI is InChI=1S/C24H24O6/c1-12(2)6-7-14-19-17(10-15(25)23(14)28-5)29-18-11-16-13(8-9-24(3,4)30-16)21(26)20(18)22(19)27/h6,8-11,25-26H,7H2,1-5H3. The number of hydrogen-bond donors (Lipinski definition) is 2. The molecular weight excluding hydrogens is 384 g/mol. The number of rotatable bonds is 3. The summed E-state index contributed by atoms with van der Waals surface area (Å²) in [6.07, 6.45) is 5.88. The van der Waals surface area contributed by atoms with E-state index in [0.29, 0.717) is 23.3 Å². The summed E-state index contributed by atoms with van der Waals surface area (Å²) < 4.78 is 17.3. The Morgan fingerprint density at radius 3 is 2.53 bits per heavy atom. The van der Waals surface area contributed by atoms with Gasteiger partial charge in [0.15, 0.2) is 11.5 Å². The van der Waals surface area contributed by atoms with E-state index in [1.54, 1.807) is 12.1 Å². The van der Waals surface area contributed by atoms with Gasteiger partial charge in [-0.05, 0) is 46.3 Å². The summed E-state index contributed by atoms with van der Waals surface area (Å²) in [4.78, 5) is 13.5. The number of phenolic OH excluding ortho intramolecular Hbond substituents is 2. The second-order valence-electron chi connectivity index (χ2n) is 8.25. The summed E-state index contributed by atoms with van der Waals surface area (Å²) in [5.41, 5.74) is 1.47. The molecule has 0 radical (unpaired) electrons. The minimum atomic E-state index is -0.548. The third kappa shape index (κ3) is 3.09. The van der Waals surface area contributed by atoms with Crippen LogP contribution in [0.1, 0.15) is 38.8 Å². The molecule has 0 bridgehead atoms. The molecule has 1 aliphatic heterocycles. The third-order valence-corrected chi connectivity index (χ3v) is 5.21. The van der Waals surface area contributed by atoms with Crippen LogP contribution in [0, 0.1) is 0 Å². The fraction of sp³-hybridized carbons (Fsp3) is 0.292. The molecule has 156 valence electrons. The van der Waals surface area contributed by atoms with Crippen LogP contribution in [0.2, 0.25) is 0 Å². The van der Waals surface area contributed by atoms with Crippen molar-refractivity contribution in [3.8, 4) is 23.0 Å². The highest BCUT2D eigenvalue weighted by atomic mass is 16.5. The zero-order valence-electron chi connectivity index (χ0n) is 17.6. The number of aromatic hydroxyl groups is 2. The van der Waals surface area contributed by atoms with Gasteiger partial charge < -0.3 is 24.1 Å². The van der Waals surface area contributed by atoms with Gasteiger partial charge in [-0.15, -0.1) is 0 Å². The Hall–Kier alpha value is -3.41. The maximum Gasteiger partial charge on any atom is 0.204 e. The predicted molar refractivity (Wildman–Crippen MR) is 117 cm³/mol. The van der Waals surface area contributed by atoms with Crippen molar-refractivity contribution in [2.75, 3.05) is 7.11 Å². The van der Waals surface area contributed by atoms with Crippen LogP contribution in [0.5, 0.6) is 23.0 Å². The monoisotopic (exact) mass is 408 g/mol. The van der Waals surface area contributed by atoms with E-state index in [1.807, 2.05) is 39.8 Å².